The molecule has 1 aromatic carbocycles. The van der Waals surface area contributed by atoms with E-state index in [0.717, 1.165) is 25.4 Å². The van der Waals surface area contributed by atoms with Crippen molar-refractivity contribution in [3.05, 3.63) is 35.4 Å². The van der Waals surface area contributed by atoms with Crippen LogP contribution in [-0.4, -0.2) is 13.1 Å². The second kappa shape index (κ2) is 7.58. The molecule has 2 atom stereocenters. The molecule has 0 spiro atoms. The van der Waals surface area contributed by atoms with Crippen LogP contribution in [0.4, 0.5) is 0 Å². The van der Waals surface area contributed by atoms with E-state index < -0.39 is 0 Å². The van der Waals surface area contributed by atoms with Crippen molar-refractivity contribution >= 4 is 0 Å². The van der Waals surface area contributed by atoms with Crippen molar-refractivity contribution in [3.63, 3.8) is 0 Å². The molecule has 1 rings (SSSR count). The highest BCUT2D eigenvalue weighted by Gasteiger charge is 2.14. The van der Waals surface area contributed by atoms with E-state index >= 15 is 0 Å². The SMILES string of the molecule is CCc1cccc(C(C)C(C)CNCC(C)C)c1. The van der Waals surface area contributed by atoms with Crippen LogP contribution in [0.5, 0.6) is 0 Å². The highest BCUT2D eigenvalue weighted by atomic mass is 14.9. The highest BCUT2D eigenvalue weighted by Crippen LogP contribution is 2.24. The minimum Gasteiger partial charge on any atom is -0.316 e. The Morgan fingerprint density at radius 2 is 1.78 bits per heavy atom. The third-order valence-corrected chi connectivity index (χ3v) is 3.76. The molecule has 0 saturated carbocycles. The molecule has 1 nitrogen and oxygen atoms in total. The minimum absolute atomic E-state index is 0.621. The van der Waals surface area contributed by atoms with Crippen LogP contribution >= 0.6 is 0 Å². The molecule has 0 aliphatic rings. The molecule has 1 N–H and O–H groups in total. The maximum Gasteiger partial charge on any atom is -0.00173 e. The van der Waals surface area contributed by atoms with Crippen molar-refractivity contribution in [1.82, 2.24) is 5.32 Å². The summed E-state index contributed by atoms with van der Waals surface area (Å²) in [5.41, 5.74) is 2.93. The van der Waals surface area contributed by atoms with Crippen molar-refractivity contribution in [1.29, 1.82) is 0 Å². The van der Waals surface area contributed by atoms with Gasteiger partial charge in [-0.3, -0.25) is 0 Å². The summed E-state index contributed by atoms with van der Waals surface area (Å²) in [6.45, 7) is 13.6. The van der Waals surface area contributed by atoms with Gasteiger partial charge in [-0.25, -0.2) is 0 Å². The summed E-state index contributed by atoms with van der Waals surface area (Å²) in [5, 5.41) is 3.56. The number of nitrogens with one attached hydrogen (secondary N) is 1. The van der Waals surface area contributed by atoms with Crippen molar-refractivity contribution < 1.29 is 0 Å². The Balaban J connectivity index is 2.53. The fourth-order valence-electron chi connectivity index (χ4n) is 2.20. The predicted molar refractivity (Wildman–Crippen MR) is 81.1 cm³/mol. The van der Waals surface area contributed by atoms with Crippen LogP contribution in [0.1, 0.15) is 51.7 Å². The molecule has 0 aromatic heterocycles. The number of rotatable bonds is 7. The molecule has 0 radical (unpaired) electrons. The van der Waals surface area contributed by atoms with Gasteiger partial charge in [0.2, 0.25) is 0 Å². The molecule has 2 unspecified atom stereocenters. The Labute approximate surface area is 113 Å². The van der Waals surface area contributed by atoms with Gasteiger partial charge in [0.05, 0.1) is 0 Å². The molecule has 0 aliphatic carbocycles. The van der Waals surface area contributed by atoms with Crippen LogP contribution in [0, 0.1) is 11.8 Å². The van der Waals surface area contributed by atoms with Crippen LogP contribution in [0.15, 0.2) is 24.3 Å². The first-order chi connectivity index (χ1) is 8.54. The van der Waals surface area contributed by atoms with Crippen molar-refractivity contribution in [2.45, 2.75) is 47.0 Å². The average molecular weight is 247 g/mol. The van der Waals surface area contributed by atoms with E-state index in [4.69, 9.17) is 0 Å². The van der Waals surface area contributed by atoms with Crippen LogP contribution in [0.25, 0.3) is 0 Å². The van der Waals surface area contributed by atoms with Crippen LogP contribution in [0.2, 0.25) is 0 Å². The van der Waals surface area contributed by atoms with Crippen molar-refractivity contribution in [2.75, 3.05) is 13.1 Å². The lowest BCUT2D eigenvalue weighted by molar-refractivity contribution is 0.428. The molecular formula is C17H29N. The first-order valence-electron chi connectivity index (χ1n) is 7.34. The van der Waals surface area contributed by atoms with Gasteiger partial charge in [0.15, 0.2) is 0 Å². The Hall–Kier alpha value is -0.820. The van der Waals surface area contributed by atoms with Gasteiger partial charge in [0.25, 0.3) is 0 Å². The van der Waals surface area contributed by atoms with E-state index in [0.29, 0.717) is 11.8 Å². The van der Waals surface area contributed by atoms with Gasteiger partial charge in [-0.15, -0.1) is 0 Å². The van der Waals surface area contributed by atoms with E-state index in [9.17, 15) is 0 Å². The summed E-state index contributed by atoms with van der Waals surface area (Å²) in [6.07, 6.45) is 1.13. The summed E-state index contributed by atoms with van der Waals surface area (Å²) >= 11 is 0. The quantitative estimate of drug-likeness (QED) is 0.760. The number of benzene rings is 1. The van der Waals surface area contributed by atoms with E-state index in [-0.39, 0.29) is 0 Å². The molecule has 18 heavy (non-hydrogen) atoms. The van der Waals surface area contributed by atoms with Gasteiger partial charge in [-0.2, -0.15) is 0 Å². The summed E-state index contributed by atoms with van der Waals surface area (Å²) in [5.74, 6) is 2.03. The van der Waals surface area contributed by atoms with Gasteiger partial charge in [0, 0.05) is 0 Å². The molecule has 1 aromatic rings. The molecule has 0 heterocycles. The Morgan fingerprint density at radius 1 is 1.06 bits per heavy atom. The summed E-state index contributed by atoms with van der Waals surface area (Å²) in [7, 11) is 0. The zero-order chi connectivity index (χ0) is 13.5. The standard InChI is InChI=1S/C17H29N/c1-6-16-8-7-9-17(10-16)15(5)14(4)12-18-11-13(2)3/h7-10,13-15,18H,6,11-12H2,1-5H3. The third-order valence-electron chi connectivity index (χ3n) is 3.76. The Bertz CT molecular complexity index is 343. The monoisotopic (exact) mass is 247 g/mol. The van der Waals surface area contributed by atoms with E-state index in [2.05, 4.69) is 64.2 Å². The number of hydrogen-bond donors (Lipinski definition) is 1. The summed E-state index contributed by atoms with van der Waals surface area (Å²) < 4.78 is 0. The highest BCUT2D eigenvalue weighted by molar-refractivity contribution is 5.26. The summed E-state index contributed by atoms with van der Waals surface area (Å²) in [6, 6.07) is 9.04. The van der Waals surface area contributed by atoms with Crippen molar-refractivity contribution in [2.24, 2.45) is 11.8 Å². The van der Waals surface area contributed by atoms with Crippen LogP contribution in [-0.2, 0) is 6.42 Å². The van der Waals surface area contributed by atoms with Crippen LogP contribution in [0.3, 0.4) is 0 Å². The van der Waals surface area contributed by atoms with E-state index in [1.807, 2.05) is 0 Å². The van der Waals surface area contributed by atoms with Gasteiger partial charge in [0.1, 0.15) is 0 Å². The molecule has 0 fully saturated rings. The summed E-state index contributed by atoms with van der Waals surface area (Å²) in [4.78, 5) is 0. The van der Waals surface area contributed by atoms with Crippen molar-refractivity contribution in [3.8, 4) is 0 Å². The van der Waals surface area contributed by atoms with Gasteiger partial charge < -0.3 is 5.32 Å². The smallest absolute Gasteiger partial charge is 0.00173 e. The first-order valence-corrected chi connectivity index (χ1v) is 7.34. The lowest BCUT2D eigenvalue weighted by Crippen LogP contribution is -2.27. The molecule has 0 saturated heterocycles. The fourth-order valence-corrected chi connectivity index (χ4v) is 2.20. The minimum atomic E-state index is 0.621. The molecular weight excluding hydrogens is 218 g/mol. The van der Waals surface area contributed by atoms with Crippen LogP contribution < -0.4 is 5.32 Å². The molecule has 1 heteroatoms. The third kappa shape index (κ3) is 4.81. The second-order valence-corrected chi connectivity index (χ2v) is 5.92. The lowest BCUT2D eigenvalue weighted by Gasteiger charge is -2.22. The lowest BCUT2D eigenvalue weighted by atomic mass is 9.88. The van der Waals surface area contributed by atoms with Gasteiger partial charge in [-0.1, -0.05) is 58.9 Å². The number of hydrogen-bond acceptors (Lipinski definition) is 1. The Morgan fingerprint density at radius 3 is 2.39 bits per heavy atom. The van der Waals surface area contributed by atoms with E-state index in [1.54, 1.807) is 0 Å². The molecule has 0 bridgehead atoms. The van der Waals surface area contributed by atoms with Gasteiger partial charge >= 0.3 is 0 Å². The Kier molecular flexibility index (Phi) is 6.42. The number of aryl methyl sites for hydroxylation is 1. The zero-order valence-corrected chi connectivity index (χ0v) is 12.7. The second-order valence-electron chi connectivity index (χ2n) is 5.92. The average Bonchev–Trinajstić information content (AvgIpc) is 2.37. The van der Waals surface area contributed by atoms with Gasteiger partial charge in [-0.05, 0) is 48.4 Å². The first kappa shape index (κ1) is 15.2. The van der Waals surface area contributed by atoms with E-state index in [1.165, 1.54) is 11.1 Å². The largest absolute Gasteiger partial charge is 0.316 e. The fraction of sp³-hybridized carbons (Fsp3) is 0.647. The maximum absolute atomic E-state index is 3.56. The normalized spacial score (nSPS) is 14.8. The zero-order valence-electron chi connectivity index (χ0n) is 12.7. The maximum atomic E-state index is 3.56. The topological polar surface area (TPSA) is 12.0 Å². The molecule has 0 amide bonds. The molecule has 0 aliphatic heterocycles. The predicted octanol–water partition coefficient (Wildman–Crippen LogP) is 4.23. The molecule has 102 valence electrons.